The first-order chi connectivity index (χ1) is 10.2. The molecule has 0 spiro atoms. The Morgan fingerprint density at radius 1 is 1.24 bits per heavy atom. The predicted octanol–water partition coefficient (Wildman–Crippen LogP) is 3.36. The fraction of sp³-hybridized carbons (Fsp3) is 0.294. The fourth-order valence-corrected chi connectivity index (χ4v) is 2.70. The van der Waals surface area contributed by atoms with E-state index in [4.69, 9.17) is 4.74 Å². The molecule has 1 heterocycles. The number of halogens is 1. The summed E-state index contributed by atoms with van der Waals surface area (Å²) in [5, 5.41) is 9.61. The van der Waals surface area contributed by atoms with E-state index in [2.05, 4.69) is 11.8 Å². The Labute approximate surface area is 123 Å². The number of anilines is 1. The molecule has 2 aromatic rings. The van der Waals surface area contributed by atoms with Crippen molar-refractivity contribution < 1.29 is 14.2 Å². The summed E-state index contributed by atoms with van der Waals surface area (Å²) >= 11 is 0. The molecule has 1 atom stereocenters. The minimum absolute atomic E-state index is 0.0208. The molecule has 4 heteroatoms. The summed E-state index contributed by atoms with van der Waals surface area (Å²) in [5.74, 6) is 0.806. The highest BCUT2D eigenvalue weighted by atomic mass is 19.1. The van der Waals surface area contributed by atoms with Crippen molar-refractivity contribution in [3.63, 3.8) is 0 Å². The fourth-order valence-electron chi connectivity index (χ4n) is 2.70. The molecule has 1 aliphatic rings. The predicted molar refractivity (Wildman–Crippen MR) is 80.5 cm³/mol. The molecule has 0 saturated carbocycles. The number of fused-ring (bicyclic) bond motifs is 1. The Bertz CT molecular complexity index is 627. The Morgan fingerprint density at radius 3 is 2.71 bits per heavy atom. The van der Waals surface area contributed by atoms with Crippen molar-refractivity contribution in [1.82, 2.24) is 0 Å². The van der Waals surface area contributed by atoms with Gasteiger partial charge in [-0.15, -0.1) is 0 Å². The Morgan fingerprint density at radius 2 is 2.00 bits per heavy atom. The maximum Gasteiger partial charge on any atom is 0.143 e. The highest BCUT2D eigenvalue weighted by Crippen LogP contribution is 2.36. The van der Waals surface area contributed by atoms with Crippen molar-refractivity contribution in [2.24, 2.45) is 0 Å². The minimum Gasteiger partial charge on any atom is -0.508 e. The van der Waals surface area contributed by atoms with Crippen LogP contribution in [0, 0.1) is 5.82 Å². The Balaban J connectivity index is 1.80. The number of benzene rings is 2. The first kappa shape index (κ1) is 13.7. The van der Waals surface area contributed by atoms with Crippen molar-refractivity contribution >= 4 is 5.69 Å². The smallest absolute Gasteiger partial charge is 0.143 e. The molecule has 1 N–H and O–H groups in total. The van der Waals surface area contributed by atoms with Gasteiger partial charge >= 0.3 is 0 Å². The molecule has 110 valence electrons. The number of likely N-dealkylation sites (N-methyl/N-ethyl adjacent to an activating group) is 1. The molecule has 1 aliphatic heterocycles. The topological polar surface area (TPSA) is 32.7 Å². The Kier molecular flexibility index (Phi) is 3.69. The van der Waals surface area contributed by atoms with E-state index in [0.29, 0.717) is 0 Å². The first-order valence-electron chi connectivity index (χ1n) is 7.15. The molecule has 0 aromatic heterocycles. The quantitative estimate of drug-likeness (QED) is 0.939. The van der Waals surface area contributed by atoms with Crippen LogP contribution in [-0.4, -0.2) is 24.3 Å². The zero-order valence-corrected chi connectivity index (χ0v) is 11.9. The lowest BCUT2D eigenvalue weighted by molar-refractivity contribution is 0.194. The number of phenols is 1. The average Bonchev–Trinajstić information content (AvgIpc) is 2.49. The van der Waals surface area contributed by atoms with Crippen LogP contribution >= 0.6 is 0 Å². The van der Waals surface area contributed by atoms with Gasteiger partial charge in [-0.25, -0.2) is 4.39 Å². The largest absolute Gasteiger partial charge is 0.508 e. The number of phenolic OH excluding ortho intramolecular Hbond substituents is 1. The van der Waals surface area contributed by atoms with Crippen molar-refractivity contribution in [3.8, 4) is 11.5 Å². The van der Waals surface area contributed by atoms with E-state index < -0.39 is 0 Å². The normalized spacial score (nSPS) is 17.2. The molecule has 3 nitrogen and oxygen atoms in total. The van der Waals surface area contributed by atoms with Gasteiger partial charge in [-0.1, -0.05) is 12.1 Å². The molecule has 0 bridgehead atoms. The van der Waals surface area contributed by atoms with Crippen LogP contribution in [-0.2, 0) is 6.42 Å². The van der Waals surface area contributed by atoms with Crippen LogP contribution in [0.15, 0.2) is 42.5 Å². The van der Waals surface area contributed by atoms with E-state index in [9.17, 15) is 9.50 Å². The minimum atomic E-state index is -0.223. The van der Waals surface area contributed by atoms with Gasteiger partial charge in [-0.05, 0) is 36.8 Å². The molecule has 2 aromatic carbocycles. The summed E-state index contributed by atoms with van der Waals surface area (Å²) in [6.45, 7) is 3.68. The molecular weight excluding hydrogens is 269 g/mol. The van der Waals surface area contributed by atoms with Gasteiger partial charge in [0.05, 0.1) is 12.2 Å². The van der Waals surface area contributed by atoms with Crippen molar-refractivity contribution in [2.75, 3.05) is 18.0 Å². The van der Waals surface area contributed by atoms with Crippen molar-refractivity contribution in [2.45, 2.75) is 19.4 Å². The van der Waals surface area contributed by atoms with E-state index in [0.717, 1.165) is 36.5 Å². The average molecular weight is 287 g/mol. The van der Waals surface area contributed by atoms with E-state index in [1.54, 1.807) is 30.3 Å². The van der Waals surface area contributed by atoms with Crippen LogP contribution in [0.4, 0.5) is 10.1 Å². The van der Waals surface area contributed by atoms with Gasteiger partial charge in [0.15, 0.2) is 0 Å². The summed E-state index contributed by atoms with van der Waals surface area (Å²) in [5.41, 5.74) is 1.98. The van der Waals surface area contributed by atoms with Gasteiger partial charge in [-0.3, -0.25) is 0 Å². The summed E-state index contributed by atoms with van der Waals surface area (Å²) in [4.78, 5) is 2.19. The molecule has 0 radical (unpaired) electrons. The molecule has 0 fully saturated rings. The maximum absolute atomic E-state index is 13.0. The highest BCUT2D eigenvalue weighted by molar-refractivity contribution is 5.62. The number of hydrogen-bond acceptors (Lipinski definition) is 3. The number of hydrogen-bond donors (Lipinski definition) is 1. The lowest BCUT2D eigenvalue weighted by Gasteiger charge is -2.35. The zero-order valence-electron chi connectivity index (χ0n) is 11.9. The van der Waals surface area contributed by atoms with Crippen LogP contribution in [0.3, 0.4) is 0 Å². The molecule has 21 heavy (non-hydrogen) atoms. The van der Waals surface area contributed by atoms with Gasteiger partial charge in [0.25, 0.3) is 0 Å². The molecule has 1 unspecified atom stereocenters. The molecule has 0 aliphatic carbocycles. The third-order valence-corrected chi connectivity index (χ3v) is 3.76. The van der Waals surface area contributed by atoms with Gasteiger partial charge < -0.3 is 14.7 Å². The van der Waals surface area contributed by atoms with E-state index >= 15 is 0 Å². The van der Waals surface area contributed by atoms with Crippen molar-refractivity contribution in [1.29, 1.82) is 0 Å². The molecular formula is C17H18FNO2. The lowest BCUT2D eigenvalue weighted by Crippen LogP contribution is -2.41. The van der Waals surface area contributed by atoms with Crippen LogP contribution in [0.25, 0.3) is 0 Å². The maximum atomic E-state index is 13.0. The van der Waals surface area contributed by atoms with E-state index in [1.165, 1.54) is 12.1 Å². The third kappa shape index (κ3) is 2.94. The Hall–Kier alpha value is -2.23. The second-order valence-corrected chi connectivity index (χ2v) is 5.26. The second kappa shape index (κ2) is 5.64. The first-order valence-corrected chi connectivity index (χ1v) is 7.15. The van der Waals surface area contributed by atoms with Gasteiger partial charge in [0, 0.05) is 19.0 Å². The van der Waals surface area contributed by atoms with Gasteiger partial charge in [0.1, 0.15) is 23.4 Å². The summed E-state index contributed by atoms with van der Waals surface area (Å²) < 4.78 is 19.0. The monoisotopic (exact) mass is 287 g/mol. The van der Waals surface area contributed by atoms with Crippen LogP contribution in [0.1, 0.15) is 12.5 Å². The highest BCUT2D eigenvalue weighted by Gasteiger charge is 2.25. The molecule has 3 rings (SSSR count). The number of aromatic hydroxyl groups is 1. The lowest BCUT2D eigenvalue weighted by atomic mass is 10.1. The number of ether oxygens (including phenoxy) is 1. The zero-order chi connectivity index (χ0) is 14.8. The van der Waals surface area contributed by atoms with Crippen molar-refractivity contribution in [3.05, 3.63) is 53.8 Å². The summed E-state index contributed by atoms with van der Waals surface area (Å²) in [6, 6.07) is 11.7. The number of rotatable bonds is 3. The summed E-state index contributed by atoms with van der Waals surface area (Å²) in [6.07, 6.45) is 0.754. The molecule has 0 saturated heterocycles. The summed E-state index contributed by atoms with van der Waals surface area (Å²) in [7, 11) is 0. The van der Waals surface area contributed by atoms with Crippen LogP contribution in [0.5, 0.6) is 11.5 Å². The third-order valence-electron chi connectivity index (χ3n) is 3.76. The van der Waals surface area contributed by atoms with Crippen LogP contribution in [0.2, 0.25) is 0 Å². The van der Waals surface area contributed by atoms with Crippen LogP contribution < -0.4 is 9.64 Å². The SMILES string of the molecule is CCN1CC(Cc2ccc(F)cc2)Oc2ccc(O)cc21. The second-order valence-electron chi connectivity index (χ2n) is 5.26. The van der Waals surface area contributed by atoms with E-state index in [1.807, 2.05) is 0 Å². The number of nitrogens with zero attached hydrogens (tertiary/aromatic N) is 1. The van der Waals surface area contributed by atoms with Gasteiger partial charge in [0.2, 0.25) is 0 Å². The van der Waals surface area contributed by atoms with Gasteiger partial charge in [-0.2, -0.15) is 0 Å². The molecule has 0 amide bonds. The van der Waals surface area contributed by atoms with E-state index in [-0.39, 0.29) is 17.7 Å². The standard InChI is InChI=1S/C17H18FNO2/c1-2-19-11-15(9-12-3-5-13(18)6-4-12)21-17-8-7-14(20)10-16(17)19/h3-8,10,15,20H,2,9,11H2,1H3.